The fourth-order valence-corrected chi connectivity index (χ4v) is 2.27. The van der Waals surface area contributed by atoms with Gasteiger partial charge < -0.3 is 10.5 Å². The molecule has 2 N–H and O–H groups in total. The van der Waals surface area contributed by atoms with Crippen LogP contribution in [0.2, 0.25) is 0 Å². The van der Waals surface area contributed by atoms with Crippen molar-refractivity contribution in [3.05, 3.63) is 35.4 Å². The van der Waals surface area contributed by atoms with Gasteiger partial charge in [0.05, 0.1) is 11.6 Å². The Morgan fingerprint density at radius 1 is 1.17 bits per heavy atom. The molecule has 1 rings (SSSR count). The van der Waals surface area contributed by atoms with Gasteiger partial charge in [-0.25, -0.2) is 0 Å². The van der Waals surface area contributed by atoms with Crippen molar-refractivity contribution in [3.63, 3.8) is 0 Å². The lowest BCUT2D eigenvalue weighted by molar-refractivity contribution is -0.0472. The van der Waals surface area contributed by atoms with E-state index in [2.05, 4.69) is 45.0 Å². The van der Waals surface area contributed by atoms with Crippen molar-refractivity contribution in [2.24, 2.45) is 5.73 Å². The van der Waals surface area contributed by atoms with E-state index in [0.717, 1.165) is 18.4 Å². The van der Waals surface area contributed by atoms with E-state index >= 15 is 0 Å². The third-order valence-electron chi connectivity index (χ3n) is 3.71. The molecule has 2 unspecified atom stereocenters. The van der Waals surface area contributed by atoms with E-state index in [0.29, 0.717) is 6.61 Å². The fourth-order valence-electron chi connectivity index (χ4n) is 2.27. The van der Waals surface area contributed by atoms with Crippen LogP contribution in [0.1, 0.15) is 57.7 Å². The third kappa shape index (κ3) is 3.56. The fraction of sp³-hybridized carbons (Fsp3) is 0.625. The first-order valence-electron chi connectivity index (χ1n) is 7.05. The molecule has 1 aromatic carbocycles. The summed E-state index contributed by atoms with van der Waals surface area (Å²) in [6, 6.07) is 8.57. The molecule has 0 fully saturated rings. The summed E-state index contributed by atoms with van der Waals surface area (Å²) < 4.78 is 5.85. The molecule has 0 heterocycles. The van der Waals surface area contributed by atoms with Crippen LogP contribution in [0.3, 0.4) is 0 Å². The number of benzene rings is 1. The molecule has 0 aliphatic carbocycles. The lowest BCUT2D eigenvalue weighted by atomic mass is 9.88. The zero-order valence-electron chi connectivity index (χ0n) is 12.2. The summed E-state index contributed by atoms with van der Waals surface area (Å²) in [5, 5.41) is 0. The average Bonchev–Trinajstić information content (AvgIpc) is 2.39. The highest BCUT2D eigenvalue weighted by atomic mass is 16.5. The van der Waals surface area contributed by atoms with Crippen LogP contribution in [0.5, 0.6) is 0 Å². The molecule has 0 spiro atoms. The number of aryl methyl sites for hydroxylation is 1. The van der Waals surface area contributed by atoms with Gasteiger partial charge in [-0.15, -0.1) is 0 Å². The standard InChI is InChI=1S/C16H27NO/c1-5-8-13-9-11-14(12-10-13)15(17)16(4,6-2)18-7-3/h9-12,15H,5-8,17H2,1-4H3. The highest BCUT2D eigenvalue weighted by Crippen LogP contribution is 2.30. The molecule has 0 aliphatic heterocycles. The minimum Gasteiger partial charge on any atom is -0.374 e. The third-order valence-corrected chi connectivity index (χ3v) is 3.71. The Morgan fingerprint density at radius 2 is 1.78 bits per heavy atom. The molecule has 18 heavy (non-hydrogen) atoms. The van der Waals surface area contributed by atoms with Crippen LogP contribution in [-0.4, -0.2) is 12.2 Å². The molecular weight excluding hydrogens is 222 g/mol. The van der Waals surface area contributed by atoms with Crippen molar-refractivity contribution in [2.45, 2.75) is 58.6 Å². The Balaban J connectivity index is 2.84. The maximum atomic E-state index is 6.37. The zero-order valence-corrected chi connectivity index (χ0v) is 12.2. The average molecular weight is 249 g/mol. The number of ether oxygens (including phenoxy) is 1. The molecule has 0 saturated carbocycles. The van der Waals surface area contributed by atoms with Crippen molar-refractivity contribution in [1.29, 1.82) is 0 Å². The smallest absolute Gasteiger partial charge is 0.0843 e. The van der Waals surface area contributed by atoms with Gasteiger partial charge in [-0.05, 0) is 37.8 Å². The van der Waals surface area contributed by atoms with Crippen molar-refractivity contribution >= 4 is 0 Å². The number of nitrogens with two attached hydrogens (primary N) is 1. The van der Waals surface area contributed by atoms with Gasteiger partial charge in [0.15, 0.2) is 0 Å². The summed E-state index contributed by atoms with van der Waals surface area (Å²) in [6.45, 7) is 9.14. The highest BCUT2D eigenvalue weighted by molar-refractivity contribution is 5.26. The largest absolute Gasteiger partial charge is 0.374 e. The van der Waals surface area contributed by atoms with Crippen LogP contribution < -0.4 is 5.73 Å². The van der Waals surface area contributed by atoms with Crippen LogP contribution in [0.15, 0.2) is 24.3 Å². The second kappa shape index (κ2) is 6.91. The van der Waals surface area contributed by atoms with E-state index in [4.69, 9.17) is 10.5 Å². The SMILES string of the molecule is CCCc1ccc(C(N)C(C)(CC)OCC)cc1. The van der Waals surface area contributed by atoms with Crippen LogP contribution in [0, 0.1) is 0 Å². The molecule has 0 aliphatic rings. The molecule has 0 bridgehead atoms. The Kier molecular flexibility index (Phi) is 5.83. The summed E-state index contributed by atoms with van der Waals surface area (Å²) in [6.07, 6.45) is 3.22. The lowest BCUT2D eigenvalue weighted by Gasteiger charge is -2.34. The van der Waals surface area contributed by atoms with Gasteiger partial charge in [0.2, 0.25) is 0 Å². The van der Waals surface area contributed by atoms with Gasteiger partial charge in [-0.1, -0.05) is 44.5 Å². The van der Waals surface area contributed by atoms with E-state index < -0.39 is 0 Å². The summed E-state index contributed by atoms with van der Waals surface area (Å²) >= 11 is 0. The predicted octanol–water partition coefficient (Wildman–Crippen LogP) is 3.84. The van der Waals surface area contributed by atoms with E-state index in [9.17, 15) is 0 Å². The van der Waals surface area contributed by atoms with Crippen molar-refractivity contribution in [2.75, 3.05) is 6.61 Å². The van der Waals surface area contributed by atoms with Gasteiger partial charge in [0, 0.05) is 6.61 Å². The maximum Gasteiger partial charge on any atom is 0.0843 e. The minimum absolute atomic E-state index is 0.0712. The molecule has 0 aromatic heterocycles. The summed E-state index contributed by atoms with van der Waals surface area (Å²) in [5.74, 6) is 0. The Hall–Kier alpha value is -0.860. The van der Waals surface area contributed by atoms with Crippen molar-refractivity contribution < 1.29 is 4.74 Å². The van der Waals surface area contributed by atoms with E-state index in [1.807, 2.05) is 6.92 Å². The van der Waals surface area contributed by atoms with Crippen LogP contribution >= 0.6 is 0 Å². The summed E-state index contributed by atoms with van der Waals surface area (Å²) in [7, 11) is 0. The molecule has 0 radical (unpaired) electrons. The van der Waals surface area contributed by atoms with Crippen LogP contribution in [-0.2, 0) is 11.2 Å². The Morgan fingerprint density at radius 3 is 2.22 bits per heavy atom. The van der Waals surface area contributed by atoms with Crippen LogP contribution in [0.25, 0.3) is 0 Å². The molecule has 102 valence electrons. The predicted molar refractivity (Wildman–Crippen MR) is 77.7 cm³/mol. The lowest BCUT2D eigenvalue weighted by Crippen LogP contribution is -2.40. The second-order valence-corrected chi connectivity index (χ2v) is 5.07. The summed E-state index contributed by atoms with van der Waals surface area (Å²) in [5.41, 5.74) is 8.63. The maximum absolute atomic E-state index is 6.37. The van der Waals surface area contributed by atoms with Crippen molar-refractivity contribution in [3.8, 4) is 0 Å². The van der Waals surface area contributed by atoms with E-state index in [1.165, 1.54) is 12.0 Å². The Labute approximate surface area is 112 Å². The molecule has 1 aromatic rings. The number of hydrogen-bond acceptors (Lipinski definition) is 2. The first kappa shape index (κ1) is 15.2. The second-order valence-electron chi connectivity index (χ2n) is 5.07. The normalized spacial score (nSPS) is 16.3. The molecule has 2 nitrogen and oxygen atoms in total. The molecule has 0 amide bonds. The van der Waals surface area contributed by atoms with Gasteiger partial charge in [-0.2, -0.15) is 0 Å². The summed E-state index contributed by atoms with van der Waals surface area (Å²) in [4.78, 5) is 0. The van der Waals surface area contributed by atoms with Gasteiger partial charge in [0.25, 0.3) is 0 Å². The van der Waals surface area contributed by atoms with Gasteiger partial charge in [0.1, 0.15) is 0 Å². The van der Waals surface area contributed by atoms with Gasteiger partial charge in [-0.3, -0.25) is 0 Å². The molecule has 0 saturated heterocycles. The first-order valence-corrected chi connectivity index (χ1v) is 7.05. The minimum atomic E-state index is -0.277. The quantitative estimate of drug-likeness (QED) is 0.796. The number of rotatable bonds is 7. The number of hydrogen-bond donors (Lipinski definition) is 1. The first-order chi connectivity index (χ1) is 8.57. The molecular formula is C16H27NO. The Bertz CT molecular complexity index is 347. The topological polar surface area (TPSA) is 35.2 Å². The monoisotopic (exact) mass is 249 g/mol. The highest BCUT2D eigenvalue weighted by Gasteiger charge is 2.31. The van der Waals surface area contributed by atoms with Crippen LogP contribution in [0.4, 0.5) is 0 Å². The van der Waals surface area contributed by atoms with Crippen molar-refractivity contribution in [1.82, 2.24) is 0 Å². The molecule has 2 heteroatoms. The van der Waals surface area contributed by atoms with E-state index in [-0.39, 0.29) is 11.6 Å². The molecule has 2 atom stereocenters. The van der Waals surface area contributed by atoms with E-state index in [1.54, 1.807) is 0 Å². The zero-order chi connectivity index (χ0) is 13.6. The van der Waals surface area contributed by atoms with Gasteiger partial charge >= 0.3 is 0 Å².